The molecule has 0 aromatic heterocycles. The van der Waals surface area contributed by atoms with Crippen LogP contribution in [-0.4, -0.2) is 12.1 Å². The third-order valence-electron chi connectivity index (χ3n) is 2.54. The number of carbonyl (C=O) groups is 1. The Morgan fingerprint density at radius 3 is 2.73 bits per heavy atom. The monoisotopic (exact) mass is 152 g/mol. The van der Waals surface area contributed by atoms with E-state index in [1.807, 2.05) is 0 Å². The minimum Gasteiger partial charge on any atom is -0.462 e. The molecule has 2 nitrogen and oxygen atoms in total. The van der Waals surface area contributed by atoms with Crippen molar-refractivity contribution in [2.45, 2.75) is 25.9 Å². The minimum atomic E-state index is -0.143. The lowest BCUT2D eigenvalue weighted by atomic mass is 10.0. The van der Waals surface area contributed by atoms with Crippen molar-refractivity contribution < 1.29 is 9.53 Å². The molecule has 0 N–H and O–H groups in total. The quantitative estimate of drug-likeness (QED) is 0.420. The zero-order valence-corrected chi connectivity index (χ0v) is 6.62. The van der Waals surface area contributed by atoms with E-state index >= 15 is 0 Å². The average Bonchev–Trinajstić information content (AvgIpc) is 2.45. The fourth-order valence-corrected chi connectivity index (χ4v) is 2.08. The maximum absolute atomic E-state index is 10.6. The van der Waals surface area contributed by atoms with Gasteiger partial charge in [0.05, 0.1) is 0 Å². The highest BCUT2D eigenvalue weighted by Crippen LogP contribution is 2.40. The van der Waals surface area contributed by atoms with Gasteiger partial charge in [0.15, 0.2) is 0 Å². The molecular formula is C9H12O2. The van der Waals surface area contributed by atoms with Crippen molar-refractivity contribution in [3.8, 4) is 0 Å². The largest absolute Gasteiger partial charge is 0.462 e. The summed E-state index contributed by atoms with van der Waals surface area (Å²) in [6.07, 6.45) is 6.84. The topological polar surface area (TPSA) is 26.3 Å². The van der Waals surface area contributed by atoms with Crippen molar-refractivity contribution in [3.63, 3.8) is 0 Å². The van der Waals surface area contributed by atoms with Crippen molar-refractivity contribution in [2.24, 2.45) is 11.8 Å². The van der Waals surface area contributed by atoms with E-state index in [1.165, 1.54) is 13.3 Å². The first-order chi connectivity index (χ1) is 5.25. The van der Waals surface area contributed by atoms with Gasteiger partial charge in [-0.2, -0.15) is 0 Å². The summed E-state index contributed by atoms with van der Waals surface area (Å²) in [4.78, 5) is 10.6. The fourth-order valence-electron chi connectivity index (χ4n) is 2.08. The molecule has 0 radical (unpaired) electrons. The maximum atomic E-state index is 10.6. The molecule has 1 saturated carbocycles. The first-order valence-corrected chi connectivity index (χ1v) is 4.11. The van der Waals surface area contributed by atoms with Gasteiger partial charge in [-0.05, 0) is 18.8 Å². The van der Waals surface area contributed by atoms with Crippen molar-refractivity contribution in [3.05, 3.63) is 12.2 Å². The second-order valence-electron chi connectivity index (χ2n) is 3.43. The van der Waals surface area contributed by atoms with E-state index < -0.39 is 0 Å². The molecule has 0 aromatic rings. The molecule has 2 aliphatic rings. The van der Waals surface area contributed by atoms with Crippen LogP contribution in [0.5, 0.6) is 0 Å². The molecule has 0 aliphatic heterocycles. The first kappa shape index (κ1) is 6.89. The predicted molar refractivity (Wildman–Crippen MR) is 40.9 cm³/mol. The smallest absolute Gasteiger partial charge is 0.302 e. The van der Waals surface area contributed by atoms with E-state index in [1.54, 1.807) is 0 Å². The van der Waals surface area contributed by atoms with E-state index in [4.69, 9.17) is 4.74 Å². The molecule has 2 rings (SSSR count). The summed E-state index contributed by atoms with van der Waals surface area (Å²) in [5.41, 5.74) is 0. The highest BCUT2D eigenvalue weighted by molar-refractivity contribution is 5.66. The van der Waals surface area contributed by atoms with E-state index in [0.717, 1.165) is 6.42 Å². The number of carbonyl (C=O) groups excluding carboxylic acids is 1. The Balaban J connectivity index is 1.98. The van der Waals surface area contributed by atoms with Gasteiger partial charge in [-0.15, -0.1) is 0 Å². The van der Waals surface area contributed by atoms with E-state index in [0.29, 0.717) is 11.8 Å². The average molecular weight is 152 g/mol. The van der Waals surface area contributed by atoms with Crippen LogP contribution in [0.3, 0.4) is 0 Å². The van der Waals surface area contributed by atoms with Gasteiger partial charge in [-0.3, -0.25) is 4.79 Å². The predicted octanol–water partition coefficient (Wildman–Crippen LogP) is 1.51. The second-order valence-corrected chi connectivity index (χ2v) is 3.43. The Labute approximate surface area is 66.2 Å². The SMILES string of the molecule is CC(=O)O[C@@H]1C[C@H]2C=C[C@H]1C2. The number of ether oxygens (including phenoxy) is 1. The molecule has 3 atom stereocenters. The summed E-state index contributed by atoms with van der Waals surface area (Å²) >= 11 is 0. The number of rotatable bonds is 1. The zero-order valence-electron chi connectivity index (χ0n) is 6.62. The van der Waals surface area contributed by atoms with Gasteiger partial charge in [0, 0.05) is 12.8 Å². The summed E-state index contributed by atoms with van der Waals surface area (Å²) < 4.78 is 5.15. The number of fused-ring (bicyclic) bond motifs is 2. The van der Waals surface area contributed by atoms with Crippen LogP contribution in [0.15, 0.2) is 12.2 Å². The minimum absolute atomic E-state index is 0.143. The third kappa shape index (κ3) is 1.17. The molecule has 2 bridgehead atoms. The standard InChI is InChI=1S/C9H12O2/c1-6(10)11-9-5-7-2-3-8(9)4-7/h2-3,7-9H,4-5H2,1H3/t7-,8-,9+/m0/s1. The molecular weight excluding hydrogens is 140 g/mol. The van der Waals surface area contributed by atoms with Crippen LogP contribution in [0.4, 0.5) is 0 Å². The van der Waals surface area contributed by atoms with Crippen LogP contribution < -0.4 is 0 Å². The van der Waals surface area contributed by atoms with Gasteiger partial charge < -0.3 is 4.74 Å². The Bertz CT molecular complexity index is 208. The number of hydrogen-bond donors (Lipinski definition) is 0. The molecule has 2 aliphatic carbocycles. The zero-order chi connectivity index (χ0) is 7.84. The van der Waals surface area contributed by atoms with E-state index in [2.05, 4.69) is 12.2 Å². The normalized spacial score (nSPS) is 39.5. The molecule has 0 spiro atoms. The van der Waals surface area contributed by atoms with Crippen molar-refractivity contribution in [1.29, 1.82) is 0 Å². The van der Waals surface area contributed by atoms with Crippen LogP contribution >= 0.6 is 0 Å². The molecule has 11 heavy (non-hydrogen) atoms. The molecule has 0 saturated heterocycles. The lowest BCUT2D eigenvalue weighted by Crippen LogP contribution is -2.20. The molecule has 0 amide bonds. The van der Waals surface area contributed by atoms with Crippen LogP contribution in [0.25, 0.3) is 0 Å². The Morgan fingerprint density at radius 2 is 2.27 bits per heavy atom. The number of hydrogen-bond acceptors (Lipinski definition) is 2. The Hall–Kier alpha value is -0.790. The van der Waals surface area contributed by atoms with Gasteiger partial charge in [0.2, 0.25) is 0 Å². The van der Waals surface area contributed by atoms with Gasteiger partial charge in [-0.1, -0.05) is 12.2 Å². The highest BCUT2D eigenvalue weighted by atomic mass is 16.5. The van der Waals surface area contributed by atoms with Gasteiger partial charge in [-0.25, -0.2) is 0 Å². The lowest BCUT2D eigenvalue weighted by Gasteiger charge is -2.17. The third-order valence-corrected chi connectivity index (χ3v) is 2.54. The van der Waals surface area contributed by atoms with Crippen LogP contribution in [0.2, 0.25) is 0 Å². The number of allylic oxidation sites excluding steroid dienone is 1. The van der Waals surface area contributed by atoms with Crippen LogP contribution in [0, 0.1) is 11.8 Å². The lowest BCUT2D eigenvalue weighted by molar-refractivity contribution is -0.147. The summed E-state index contributed by atoms with van der Waals surface area (Å²) in [5.74, 6) is 1.06. The Kier molecular flexibility index (Phi) is 1.48. The molecule has 0 heterocycles. The van der Waals surface area contributed by atoms with Crippen LogP contribution in [-0.2, 0) is 9.53 Å². The highest BCUT2D eigenvalue weighted by Gasteiger charge is 2.37. The molecule has 0 aromatic carbocycles. The van der Waals surface area contributed by atoms with Crippen molar-refractivity contribution in [1.82, 2.24) is 0 Å². The molecule has 0 unspecified atom stereocenters. The molecule has 2 heteroatoms. The van der Waals surface area contributed by atoms with Crippen molar-refractivity contribution >= 4 is 5.97 Å². The van der Waals surface area contributed by atoms with Crippen LogP contribution in [0.1, 0.15) is 19.8 Å². The Morgan fingerprint density at radius 1 is 1.45 bits per heavy atom. The van der Waals surface area contributed by atoms with Gasteiger partial charge in [0.1, 0.15) is 6.10 Å². The van der Waals surface area contributed by atoms with Gasteiger partial charge in [0.25, 0.3) is 0 Å². The second kappa shape index (κ2) is 2.36. The van der Waals surface area contributed by atoms with E-state index in [-0.39, 0.29) is 12.1 Å². The summed E-state index contributed by atoms with van der Waals surface area (Å²) in [5, 5.41) is 0. The fraction of sp³-hybridized carbons (Fsp3) is 0.667. The molecule has 1 fully saturated rings. The summed E-state index contributed by atoms with van der Waals surface area (Å²) in [6.45, 7) is 1.48. The van der Waals surface area contributed by atoms with Crippen molar-refractivity contribution in [2.75, 3.05) is 0 Å². The van der Waals surface area contributed by atoms with E-state index in [9.17, 15) is 4.79 Å². The molecule has 60 valence electrons. The first-order valence-electron chi connectivity index (χ1n) is 4.11. The number of esters is 1. The van der Waals surface area contributed by atoms with Gasteiger partial charge >= 0.3 is 5.97 Å². The maximum Gasteiger partial charge on any atom is 0.302 e. The summed E-state index contributed by atoms with van der Waals surface area (Å²) in [7, 11) is 0. The summed E-state index contributed by atoms with van der Waals surface area (Å²) in [6, 6.07) is 0.